The molecule has 0 atom stereocenters. The molecule has 66 valence electrons. The van der Waals surface area contributed by atoms with E-state index in [1.807, 2.05) is 36.4 Å². The van der Waals surface area contributed by atoms with E-state index in [-0.39, 0.29) is 0 Å². The van der Waals surface area contributed by atoms with Gasteiger partial charge in [-0.05, 0) is 17.7 Å². The average molecular weight is 173 g/mol. The minimum absolute atomic E-state index is 0.543. The van der Waals surface area contributed by atoms with Crippen LogP contribution in [0.5, 0.6) is 0 Å². The van der Waals surface area contributed by atoms with Crippen molar-refractivity contribution in [3.63, 3.8) is 0 Å². The van der Waals surface area contributed by atoms with Crippen LogP contribution in [0.3, 0.4) is 0 Å². The molecule has 0 fully saturated rings. The van der Waals surface area contributed by atoms with Crippen molar-refractivity contribution in [3.8, 4) is 0 Å². The summed E-state index contributed by atoms with van der Waals surface area (Å²) in [5, 5.41) is 1.48. The van der Waals surface area contributed by atoms with E-state index in [2.05, 4.69) is 0 Å². The van der Waals surface area contributed by atoms with E-state index in [9.17, 15) is 0 Å². The summed E-state index contributed by atoms with van der Waals surface area (Å²) in [6.45, 7) is 0. The van der Waals surface area contributed by atoms with Gasteiger partial charge in [-0.2, -0.15) is 0 Å². The Labute approximate surface area is 76.9 Å². The van der Waals surface area contributed by atoms with Crippen LogP contribution in [0.15, 0.2) is 42.2 Å². The standard InChI is InChI=1S/C10H11N3/c11-10-7-3-5-8-4-1-2-6-9(8)13(10)12/h1-7H,11-12H2. The SMILES string of the molecule is NC1=CC=Cc2ccccc2N1N. The van der Waals surface area contributed by atoms with Gasteiger partial charge in [0.05, 0.1) is 5.69 Å². The van der Waals surface area contributed by atoms with Crippen LogP contribution in [0.25, 0.3) is 6.08 Å². The summed E-state index contributed by atoms with van der Waals surface area (Å²) in [4.78, 5) is 0. The number of fused-ring (bicyclic) bond motifs is 1. The van der Waals surface area contributed by atoms with E-state index in [0.717, 1.165) is 11.3 Å². The Morgan fingerprint density at radius 3 is 2.77 bits per heavy atom. The van der Waals surface area contributed by atoms with Gasteiger partial charge in [-0.25, -0.2) is 5.84 Å². The highest BCUT2D eigenvalue weighted by atomic mass is 15.4. The highest BCUT2D eigenvalue weighted by Crippen LogP contribution is 2.23. The first-order valence-electron chi connectivity index (χ1n) is 4.07. The Hall–Kier alpha value is -1.74. The zero-order valence-corrected chi connectivity index (χ0v) is 7.14. The van der Waals surface area contributed by atoms with Crippen LogP contribution in [0, 0.1) is 0 Å². The third-order valence-corrected chi connectivity index (χ3v) is 2.02. The normalized spacial score (nSPS) is 14.8. The Morgan fingerprint density at radius 2 is 1.92 bits per heavy atom. The van der Waals surface area contributed by atoms with Crippen LogP contribution in [0.4, 0.5) is 5.69 Å². The number of anilines is 1. The summed E-state index contributed by atoms with van der Waals surface area (Å²) < 4.78 is 0. The number of benzene rings is 1. The molecular weight excluding hydrogens is 162 g/mol. The van der Waals surface area contributed by atoms with E-state index in [4.69, 9.17) is 11.6 Å². The highest BCUT2D eigenvalue weighted by molar-refractivity contribution is 5.71. The van der Waals surface area contributed by atoms with Crippen LogP contribution in [0.1, 0.15) is 5.56 Å². The van der Waals surface area contributed by atoms with Gasteiger partial charge in [-0.1, -0.05) is 30.4 Å². The zero-order chi connectivity index (χ0) is 9.26. The lowest BCUT2D eigenvalue weighted by molar-refractivity contribution is 0.976. The molecule has 0 radical (unpaired) electrons. The largest absolute Gasteiger partial charge is 0.384 e. The first-order chi connectivity index (χ1) is 6.29. The number of hydrogen-bond donors (Lipinski definition) is 2. The Bertz CT molecular complexity index is 380. The van der Waals surface area contributed by atoms with Crippen LogP contribution >= 0.6 is 0 Å². The average Bonchev–Trinajstić information content (AvgIpc) is 2.29. The second-order valence-corrected chi connectivity index (χ2v) is 2.88. The van der Waals surface area contributed by atoms with Gasteiger partial charge in [0, 0.05) is 0 Å². The molecule has 1 aliphatic rings. The fourth-order valence-electron chi connectivity index (χ4n) is 1.32. The van der Waals surface area contributed by atoms with Gasteiger partial charge in [0.25, 0.3) is 0 Å². The maximum Gasteiger partial charge on any atom is 0.118 e. The molecule has 0 saturated carbocycles. The van der Waals surface area contributed by atoms with Gasteiger partial charge in [0.1, 0.15) is 5.82 Å². The predicted octanol–water partition coefficient (Wildman–Crippen LogP) is 1.19. The lowest BCUT2D eigenvalue weighted by atomic mass is 10.1. The zero-order valence-electron chi connectivity index (χ0n) is 7.14. The van der Waals surface area contributed by atoms with E-state index in [1.54, 1.807) is 6.08 Å². The minimum Gasteiger partial charge on any atom is -0.384 e. The Balaban J connectivity index is 2.57. The molecule has 0 amide bonds. The molecule has 0 bridgehead atoms. The van der Waals surface area contributed by atoms with Crippen molar-refractivity contribution in [2.45, 2.75) is 0 Å². The number of nitrogens with two attached hydrogens (primary N) is 2. The highest BCUT2D eigenvalue weighted by Gasteiger charge is 2.08. The van der Waals surface area contributed by atoms with Gasteiger partial charge in [-0.15, -0.1) is 0 Å². The smallest absolute Gasteiger partial charge is 0.118 e. The number of hydrogen-bond acceptors (Lipinski definition) is 3. The molecule has 2 rings (SSSR count). The predicted molar refractivity (Wildman–Crippen MR) is 54.4 cm³/mol. The van der Waals surface area contributed by atoms with Gasteiger partial charge < -0.3 is 5.73 Å². The second-order valence-electron chi connectivity index (χ2n) is 2.88. The molecule has 0 unspecified atom stereocenters. The third-order valence-electron chi connectivity index (χ3n) is 2.02. The summed E-state index contributed by atoms with van der Waals surface area (Å²) in [7, 11) is 0. The van der Waals surface area contributed by atoms with Gasteiger partial charge >= 0.3 is 0 Å². The van der Waals surface area contributed by atoms with Crippen molar-refractivity contribution in [1.82, 2.24) is 0 Å². The third kappa shape index (κ3) is 1.29. The number of allylic oxidation sites excluding steroid dienone is 2. The van der Waals surface area contributed by atoms with Crippen LogP contribution < -0.4 is 16.6 Å². The van der Waals surface area contributed by atoms with E-state index >= 15 is 0 Å². The molecule has 0 aromatic heterocycles. The Morgan fingerprint density at radius 1 is 1.15 bits per heavy atom. The first kappa shape index (κ1) is 7.89. The molecule has 3 nitrogen and oxygen atoms in total. The summed E-state index contributed by atoms with van der Waals surface area (Å²) in [6.07, 6.45) is 5.65. The maximum atomic E-state index is 5.79. The van der Waals surface area contributed by atoms with E-state index in [1.165, 1.54) is 5.01 Å². The lowest BCUT2D eigenvalue weighted by Crippen LogP contribution is -2.34. The van der Waals surface area contributed by atoms with Crippen molar-refractivity contribution >= 4 is 11.8 Å². The summed E-state index contributed by atoms with van der Waals surface area (Å²) in [5.41, 5.74) is 7.70. The minimum atomic E-state index is 0.543. The molecular formula is C10H11N3. The van der Waals surface area contributed by atoms with E-state index < -0.39 is 0 Å². The molecule has 1 aromatic carbocycles. The maximum absolute atomic E-state index is 5.79. The molecule has 3 heteroatoms. The molecule has 1 heterocycles. The quantitative estimate of drug-likeness (QED) is 0.579. The van der Waals surface area contributed by atoms with Crippen molar-refractivity contribution in [1.29, 1.82) is 0 Å². The lowest BCUT2D eigenvalue weighted by Gasteiger charge is -2.18. The second kappa shape index (κ2) is 2.95. The van der Waals surface area contributed by atoms with Crippen LogP contribution in [-0.4, -0.2) is 0 Å². The van der Waals surface area contributed by atoms with Crippen molar-refractivity contribution in [3.05, 3.63) is 47.8 Å². The molecule has 1 aromatic rings. The van der Waals surface area contributed by atoms with Crippen LogP contribution in [0.2, 0.25) is 0 Å². The Kier molecular flexibility index (Phi) is 1.79. The molecule has 13 heavy (non-hydrogen) atoms. The summed E-state index contributed by atoms with van der Waals surface area (Å²) >= 11 is 0. The van der Waals surface area contributed by atoms with Crippen molar-refractivity contribution < 1.29 is 0 Å². The number of hydrazine groups is 1. The van der Waals surface area contributed by atoms with Crippen molar-refractivity contribution in [2.75, 3.05) is 5.01 Å². The van der Waals surface area contributed by atoms with Crippen LogP contribution in [-0.2, 0) is 0 Å². The monoisotopic (exact) mass is 173 g/mol. The fraction of sp³-hybridized carbons (Fsp3) is 0. The molecule has 4 N–H and O–H groups in total. The summed E-state index contributed by atoms with van der Waals surface area (Å²) in [5.74, 6) is 6.33. The van der Waals surface area contributed by atoms with Gasteiger partial charge in [0.2, 0.25) is 0 Å². The number of para-hydroxylation sites is 1. The fourth-order valence-corrected chi connectivity index (χ4v) is 1.32. The summed E-state index contributed by atoms with van der Waals surface area (Å²) in [6, 6.07) is 7.84. The molecule has 0 aliphatic carbocycles. The van der Waals surface area contributed by atoms with E-state index in [0.29, 0.717) is 5.82 Å². The molecule has 1 aliphatic heterocycles. The van der Waals surface area contributed by atoms with Gasteiger partial charge in [-0.3, -0.25) is 5.01 Å². The number of rotatable bonds is 0. The van der Waals surface area contributed by atoms with Crippen molar-refractivity contribution in [2.24, 2.45) is 11.6 Å². The molecule has 0 saturated heterocycles. The topological polar surface area (TPSA) is 55.3 Å². The van der Waals surface area contributed by atoms with Gasteiger partial charge in [0.15, 0.2) is 0 Å². The number of nitrogens with zero attached hydrogens (tertiary/aromatic N) is 1. The molecule has 0 spiro atoms. The first-order valence-corrected chi connectivity index (χ1v) is 4.07.